The van der Waals surface area contributed by atoms with Crippen LogP contribution in [0.2, 0.25) is 0 Å². The van der Waals surface area contributed by atoms with E-state index in [2.05, 4.69) is 52.1 Å². The van der Waals surface area contributed by atoms with Crippen molar-refractivity contribution in [1.29, 1.82) is 0 Å². The third-order valence-corrected chi connectivity index (χ3v) is 4.12. The van der Waals surface area contributed by atoms with Crippen molar-refractivity contribution in [2.24, 2.45) is 5.73 Å². The summed E-state index contributed by atoms with van der Waals surface area (Å²) in [7, 11) is 0. The van der Waals surface area contributed by atoms with E-state index in [4.69, 9.17) is 10.7 Å². The number of nitrogens with two attached hydrogens (primary N) is 1. The Morgan fingerprint density at radius 1 is 1.30 bits per heavy atom. The van der Waals surface area contributed by atoms with E-state index < -0.39 is 0 Å². The van der Waals surface area contributed by atoms with E-state index in [9.17, 15) is 0 Å². The lowest BCUT2D eigenvalue weighted by Crippen LogP contribution is -2.19. The summed E-state index contributed by atoms with van der Waals surface area (Å²) in [6.07, 6.45) is 2.90. The highest BCUT2D eigenvalue weighted by Gasteiger charge is 2.18. The molecule has 0 radical (unpaired) electrons. The van der Waals surface area contributed by atoms with Gasteiger partial charge in [0.05, 0.1) is 5.69 Å². The molecule has 0 aliphatic rings. The number of hydrogen-bond acceptors (Lipinski definition) is 4. The van der Waals surface area contributed by atoms with Gasteiger partial charge in [0.25, 0.3) is 0 Å². The molecule has 0 amide bonds. The van der Waals surface area contributed by atoms with E-state index in [0.717, 1.165) is 23.7 Å². The summed E-state index contributed by atoms with van der Waals surface area (Å²) in [5.41, 5.74) is 8.13. The van der Waals surface area contributed by atoms with Crippen molar-refractivity contribution in [3.05, 3.63) is 47.6 Å². The highest BCUT2D eigenvalue weighted by Crippen LogP contribution is 2.30. The predicted octanol–water partition coefficient (Wildman–Crippen LogP) is 3.06. The minimum atomic E-state index is 0.628. The zero-order valence-electron chi connectivity index (χ0n) is 11.5. The number of hydrogen-bond donors (Lipinski definition) is 1. The zero-order valence-corrected chi connectivity index (χ0v) is 12.3. The number of nitrogens with zero attached hydrogens (tertiary/aromatic N) is 3. The van der Waals surface area contributed by atoms with E-state index in [1.807, 2.05) is 6.07 Å². The molecule has 0 aliphatic heterocycles. The van der Waals surface area contributed by atoms with Gasteiger partial charge in [-0.15, -0.1) is 11.3 Å². The first kappa shape index (κ1) is 13.1. The van der Waals surface area contributed by atoms with Crippen LogP contribution in [-0.2, 0) is 6.42 Å². The highest BCUT2D eigenvalue weighted by atomic mass is 32.1. The van der Waals surface area contributed by atoms with Gasteiger partial charge in [-0.05, 0) is 25.6 Å². The maximum Gasteiger partial charge on any atom is 0.195 e. The minimum Gasteiger partial charge on any atom is -0.330 e. The molecule has 3 rings (SSSR count). The number of benzene rings is 1. The van der Waals surface area contributed by atoms with Crippen LogP contribution in [0.4, 0.5) is 11.5 Å². The summed E-state index contributed by atoms with van der Waals surface area (Å²) in [5, 5.41) is 2.06. The molecule has 0 saturated carbocycles. The van der Waals surface area contributed by atoms with Crippen LogP contribution in [0.25, 0.3) is 4.96 Å². The van der Waals surface area contributed by atoms with Gasteiger partial charge in [0.2, 0.25) is 0 Å². The fraction of sp³-hybridized carbons (Fsp3) is 0.267. The molecule has 0 fully saturated rings. The first-order chi connectivity index (χ1) is 9.85. The normalized spacial score (nSPS) is 11.1. The summed E-state index contributed by atoms with van der Waals surface area (Å²) in [4.78, 5) is 8.06. The Morgan fingerprint density at radius 3 is 2.80 bits per heavy atom. The molecule has 0 atom stereocenters. The van der Waals surface area contributed by atoms with Crippen molar-refractivity contribution in [2.75, 3.05) is 18.0 Å². The lowest BCUT2D eigenvalue weighted by atomic mass is 10.2. The van der Waals surface area contributed by atoms with Gasteiger partial charge in [-0.1, -0.05) is 18.2 Å². The Morgan fingerprint density at radius 2 is 2.10 bits per heavy atom. The molecule has 3 aromatic rings. The highest BCUT2D eigenvalue weighted by molar-refractivity contribution is 7.15. The van der Waals surface area contributed by atoms with Gasteiger partial charge in [-0.25, -0.2) is 4.98 Å². The summed E-state index contributed by atoms with van der Waals surface area (Å²) < 4.78 is 2.15. The molecule has 2 aromatic heterocycles. The monoisotopic (exact) mass is 286 g/mol. The maximum absolute atomic E-state index is 5.77. The molecular formula is C15H18N4S. The summed E-state index contributed by atoms with van der Waals surface area (Å²) in [5.74, 6) is 1.02. The van der Waals surface area contributed by atoms with Crippen LogP contribution in [0.3, 0.4) is 0 Å². The SMILES string of the molecule is CCN(c1ccccc1)c1nc2sccn2c1CCN. The van der Waals surface area contributed by atoms with Crippen LogP contribution in [0.1, 0.15) is 12.6 Å². The molecule has 2 N–H and O–H groups in total. The van der Waals surface area contributed by atoms with Crippen LogP contribution in [0.5, 0.6) is 0 Å². The van der Waals surface area contributed by atoms with Crippen molar-refractivity contribution < 1.29 is 0 Å². The Hall–Kier alpha value is -1.85. The molecule has 0 unspecified atom stereocenters. The van der Waals surface area contributed by atoms with E-state index in [1.54, 1.807) is 11.3 Å². The second-order valence-corrected chi connectivity index (χ2v) is 5.43. The Bertz CT molecular complexity index is 686. The summed E-state index contributed by atoms with van der Waals surface area (Å²) >= 11 is 1.66. The van der Waals surface area contributed by atoms with E-state index >= 15 is 0 Å². The third kappa shape index (κ3) is 2.19. The first-order valence-electron chi connectivity index (χ1n) is 6.82. The van der Waals surface area contributed by atoms with E-state index in [1.165, 1.54) is 11.4 Å². The predicted molar refractivity (Wildman–Crippen MR) is 84.9 cm³/mol. The van der Waals surface area contributed by atoms with Crippen molar-refractivity contribution in [2.45, 2.75) is 13.3 Å². The second kappa shape index (κ2) is 5.64. The molecule has 1 aromatic carbocycles. The average molecular weight is 286 g/mol. The van der Waals surface area contributed by atoms with Crippen molar-refractivity contribution in [3.63, 3.8) is 0 Å². The van der Waals surface area contributed by atoms with Crippen LogP contribution in [-0.4, -0.2) is 22.5 Å². The standard InChI is InChI=1S/C15H18N4S/c1-2-18(12-6-4-3-5-7-12)14-13(8-9-16)19-10-11-20-15(19)17-14/h3-7,10-11H,2,8-9,16H2,1H3. The number of para-hydroxylation sites is 1. The average Bonchev–Trinajstić information content (AvgIpc) is 3.05. The molecular weight excluding hydrogens is 268 g/mol. The van der Waals surface area contributed by atoms with Gasteiger partial charge in [-0.3, -0.25) is 4.40 Å². The number of fused-ring (bicyclic) bond motifs is 1. The van der Waals surface area contributed by atoms with Gasteiger partial charge < -0.3 is 10.6 Å². The van der Waals surface area contributed by atoms with Crippen LogP contribution < -0.4 is 10.6 Å². The van der Waals surface area contributed by atoms with E-state index in [0.29, 0.717) is 6.54 Å². The topological polar surface area (TPSA) is 46.6 Å². The minimum absolute atomic E-state index is 0.628. The van der Waals surface area contributed by atoms with Crippen LogP contribution >= 0.6 is 11.3 Å². The molecule has 4 nitrogen and oxygen atoms in total. The third-order valence-electron chi connectivity index (χ3n) is 3.36. The molecule has 2 heterocycles. The number of rotatable bonds is 5. The smallest absolute Gasteiger partial charge is 0.195 e. The molecule has 0 bridgehead atoms. The maximum atomic E-state index is 5.77. The van der Waals surface area contributed by atoms with Crippen LogP contribution in [0.15, 0.2) is 41.9 Å². The fourth-order valence-corrected chi connectivity index (χ4v) is 3.20. The van der Waals surface area contributed by atoms with E-state index in [-0.39, 0.29) is 0 Å². The number of imidazole rings is 1. The lowest BCUT2D eigenvalue weighted by molar-refractivity contribution is 0.890. The fourth-order valence-electron chi connectivity index (χ4n) is 2.47. The van der Waals surface area contributed by atoms with Gasteiger partial charge in [0, 0.05) is 30.2 Å². The van der Waals surface area contributed by atoms with Crippen molar-refractivity contribution in [1.82, 2.24) is 9.38 Å². The molecule has 0 saturated heterocycles. The summed E-state index contributed by atoms with van der Waals surface area (Å²) in [6.45, 7) is 3.65. The van der Waals surface area contributed by atoms with Gasteiger partial charge in [0.1, 0.15) is 0 Å². The quantitative estimate of drug-likeness (QED) is 0.784. The number of thiazole rings is 1. The lowest BCUT2D eigenvalue weighted by Gasteiger charge is -2.22. The second-order valence-electron chi connectivity index (χ2n) is 4.56. The molecule has 104 valence electrons. The number of aromatic nitrogens is 2. The van der Waals surface area contributed by atoms with Gasteiger partial charge >= 0.3 is 0 Å². The Labute approximate surface area is 122 Å². The molecule has 0 aliphatic carbocycles. The van der Waals surface area contributed by atoms with Crippen LogP contribution in [0, 0.1) is 0 Å². The largest absolute Gasteiger partial charge is 0.330 e. The van der Waals surface area contributed by atoms with Gasteiger partial charge in [-0.2, -0.15) is 0 Å². The van der Waals surface area contributed by atoms with Gasteiger partial charge in [0.15, 0.2) is 10.8 Å². The Kier molecular flexibility index (Phi) is 3.71. The summed E-state index contributed by atoms with van der Waals surface area (Å²) in [6, 6.07) is 10.4. The molecule has 5 heteroatoms. The molecule has 20 heavy (non-hydrogen) atoms. The van der Waals surface area contributed by atoms with Crippen molar-refractivity contribution in [3.8, 4) is 0 Å². The Balaban J connectivity index is 2.11. The zero-order chi connectivity index (χ0) is 13.9. The first-order valence-corrected chi connectivity index (χ1v) is 7.70. The van der Waals surface area contributed by atoms with Crippen molar-refractivity contribution >= 4 is 27.8 Å². The number of anilines is 2. The molecule has 0 spiro atoms.